The summed E-state index contributed by atoms with van der Waals surface area (Å²) in [6, 6.07) is 14.8. The summed E-state index contributed by atoms with van der Waals surface area (Å²) in [5.41, 5.74) is 3.18. The predicted octanol–water partition coefficient (Wildman–Crippen LogP) is 5.59. The molecule has 8 heteroatoms. The van der Waals surface area contributed by atoms with Crippen LogP contribution >= 0.6 is 23.2 Å². The second-order valence-corrected chi connectivity index (χ2v) is 8.05. The van der Waals surface area contributed by atoms with Crippen LogP contribution in [0.1, 0.15) is 20.3 Å². The number of nitrogens with one attached hydrogen (secondary N) is 2. The third-order valence-corrected chi connectivity index (χ3v) is 4.77. The number of hydrogen-bond acceptors (Lipinski definition) is 4. The van der Waals surface area contributed by atoms with E-state index in [0.29, 0.717) is 41.2 Å². The lowest BCUT2D eigenvalue weighted by Crippen LogP contribution is -2.40. The number of hydrogen-bond donors (Lipinski definition) is 2. The minimum Gasteiger partial charge on any atom is -0.476 e. The van der Waals surface area contributed by atoms with E-state index < -0.39 is 0 Å². The molecule has 2 aromatic carbocycles. The molecule has 0 aliphatic carbocycles. The van der Waals surface area contributed by atoms with Crippen molar-refractivity contribution >= 4 is 29.2 Å². The topological polar surface area (TPSA) is 76.1 Å². The van der Waals surface area contributed by atoms with Gasteiger partial charge in [0.05, 0.1) is 18.5 Å². The van der Waals surface area contributed by atoms with Crippen LogP contribution < -0.4 is 15.4 Å². The van der Waals surface area contributed by atoms with Gasteiger partial charge in [0, 0.05) is 33.8 Å². The van der Waals surface area contributed by atoms with Crippen LogP contribution in [-0.2, 0) is 0 Å². The molecule has 31 heavy (non-hydrogen) atoms. The standard InChI is InChI=1S/C23H24Cl2N4O2/c1-15(2)28-23(30)26-12-3-13-31-20-14-27-21(16-4-8-18(24)9-5-16)22(29-20)17-6-10-19(25)11-7-17/h4-11,14-15H,3,12-13H2,1-2H3,(H2,26,28,30). The van der Waals surface area contributed by atoms with E-state index in [0.717, 1.165) is 16.8 Å². The molecule has 0 saturated carbocycles. The van der Waals surface area contributed by atoms with Crippen molar-refractivity contribution in [2.24, 2.45) is 0 Å². The summed E-state index contributed by atoms with van der Waals surface area (Å²) < 4.78 is 5.77. The largest absolute Gasteiger partial charge is 0.476 e. The maximum Gasteiger partial charge on any atom is 0.314 e. The van der Waals surface area contributed by atoms with Crippen LogP contribution in [0.3, 0.4) is 0 Å². The zero-order valence-corrected chi connectivity index (χ0v) is 18.9. The first-order valence-corrected chi connectivity index (χ1v) is 10.7. The smallest absolute Gasteiger partial charge is 0.314 e. The molecule has 2 N–H and O–H groups in total. The molecule has 0 atom stereocenters. The van der Waals surface area contributed by atoms with Gasteiger partial charge in [-0.05, 0) is 44.5 Å². The number of urea groups is 1. The molecule has 162 valence electrons. The zero-order chi connectivity index (χ0) is 22.2. The Hall–Kier alpha value is -2.83. The molecule has 0 aliphatic rings. The summed E-state index contributed by atoms with van der Waals surface area (Å²) in [4.78, 5) is 20.9. The Morgan fingerprint density at radius 3 is 2.13 bits per heavy atom. The summed E-state index contributed by atoms with van der Waals surface area (Å²) in [5, 5.41) is 6.86. The van der Waals surface area contributed by atoms with E-state index in [9.17, 15) is 4.79 Å². The highest BCUT2D eigenvalue weighted by molar-refractivity contribution is 6.31. The van der Waals surface area contributed by atoms with E-state index in [1.807, 2.05) is 62.4 Å². The van der Waals surface area contributed by atoms with E-state index >= 15 is 0 Å². The number of ether oxygens (including phenoxy) is 1. The molecule has 0 spiro atoms. The van der Waals surface area contributed by atoms with Crippen LogP contribution in [0.5, 0.6) is 5.88 Å². The van der Waals surface area contributed by atoms with Gasteiger partial charge in [0.2, 0.25) is 5.88 Å². The van der Waals surface area contributed by atoms with Crippen molar-refractivity contribution in [1.29, 1.82) is 0 Å². The molecule has 3 aromatic rings. The highest BCUT2D eigenvalue weighted by Crippen LogP contribution is 2.31. The lowest BCUT2D eigenvalue weighted by molar-refractivity contribution is 0.236. The Kier molecular flexibility index (Phi) is 8.09. The first kappa shape index (κ1) is 22.8. The monoisotopic (exact) mass is 458 g/mol. The summed E-state index contributed by atoms with van der Waals surface area (Å²) >= 11 is 12.1. The predicted molar refractivity (Wildman–Crippen MR) is 125 cm³/mol. The highest BCUT2D eigenvalue weighted by Gasteiger charge is 2.13. The molecule has 0 saturated heterocycles. The second kappa shape index (κ2) is 11.0. The Morgan fingerprint density at radius 2 is 1.55 bits per heavy atom. The first-order valence-electron chi connectivity index (χ1n) is 9.98. The Labute approximate surface area is 192 Å². The van der Waals surface area contributed by atoms with Crippen LogP contribution in [0.2, 0.25) is 10.0 Å². The molecule has 0 bridgehead atoms. The average Bonchev–Trinajstić information content (AvgIpc) is 2.74. The summed E-state index contributed by atoms with van der Waals surface area (Å²) in [5.74, 6) is 0.411. The fourth-order valence-corrected chi connectivity index (χ4v) is 3.09. The van der Waals surface area contributed by atoms with Gasteiger partial charge in [-0.1, -0.05) is 47.5 Å². The molecule has 6 nitrogen and oxygen atoms in total. The van der Waals surface area contributed by atoms with Crippen molar-refractivity contribution in [1.82, 2.24) is 20.6 Å². The first-order chi connectivity index (χ1) is 14.9. The third-order valence-electron chi connectivity index (χ3n) is 4.26. The lowest BCUT2D eigenvalue weighted by atomic mass is 10.0. The Morgan fingerprint density at radius 1 is 0.968 bits per heavy atom. The molecule has 1 aromatic heterocycles. The number of aromatic nitrogens is 2. The molecule has 2 amide bonds. The van der Waals surface area contributed by atoms with Gasteiger partial charge < -0.3 is 15.4 Å². The van der Waals surface area contributed by atoms with Crippen molar-refractivity contribution in [3.8, 4) is 28.4 Å². The SMILES string of the molecule is CC(C)NC(=O)NCCCOc1cnc(-c2ccc(Cl)cc2)c(-c2ccc(Cl)cc2)n1. The normalized spacial score (nSPS) is 10.7. The van der Waals surface area contributed by atoms with Crippen LogP contribution in [0.15, 0.2) is 54.7 Å². The third kappa shape index (κ3) is 6.84. The van der Waals surface area contributed by atoms with Crippen LogP contribution in [0.25, 0.3) is 22.5 Å². The van der Waals surface area contributed by atoms with E-state index in [2.05, 4.69) is 20.6 Å². The van der Waals surface area contributed by atoms with Crippen LogP contribution in [0, 0.1) is 0 Å². The molecule has 1 heterocycles. The number of carbonyl (C=O) groups excluding carboxylic acids is 1. The minimum atomic E-state index is -0.188. The van der Waals surface area contributed by atoms with E-state index in [1.165, 1.54) is 0 Å². The molecule has 0 unspecified atom stereocenters. The summed E-state index contributed by atoms with van der Waals surface area (Å²) in [7, 11) is 0. The number of nitrogens with zero attached hydrogens (tertiary/aromatic N) is 2. The average molecular weight is 459 g/mol. The van der Waals surface area contributed by atoms with Gasteiger partial charge in [0.25, 0.3) is 0 Å². The van der Waals surface area contributed by atoms with Crippen molar-refractivity contribution in [3.63, 3.8) is 0 Å². The molecule has 0 fully saturated rings. The quantitative estimate of drug-likeness (QED) is 0.431. The van der Waals surface area contributed by atoms with Crippen molar-refractivity contribution in [3.05, 3.63) is 64.8 Å². The number of rotatable bonds is 8. The van der Waals surface area contributed by atoms with Crippen molar-refractivity contribution in [2.45, 2.75) is 26.3 Å². The van der Waals surface area contributed by atoms with E-state index in [4.69, 9.17) is 27.9 Å². The Bertz CT molecular complexity index is 1010. The number of amides is 2. The van der Waals surface area contributed by atoms with Gasteiger partial charge in [-0.15, -0.1) is 0 Å². The van der Waals surface area contributed by atoms with Crippen molar-refractivity contribution in [2.75, 3.05) is 13.2 Å². The van der Waals surface area contributed by atoms with E-state index in [-0.39, 0.29) is 12.1 Å². The molecule has 0 radical (unpaired) electrons. The minimum absolute atomic E-state index is 0.0944. The molecular formula is C23H24Cl2N4O2. The fraction of sp³-hybridized carbons (Fsp3) is 0.261. The molecular weight excluding hydrogens is 435 g/mol. The van der Waals surface area contributed by atoms with Gasteiger partial charge in [-0.3, -0.25) is 0 Å². The van der Waals surface area contributed by atoms with Gasteiger partial charge in [0.1, 0.15) is 5.69 Å². The van der Waals surface area contributed by atoms with E-state index in [1.54, 1.807) is 6.20 Å². The molecule has 3 rings (SSSR count). The fourth-order valence-electron chi connectivity index (χ4n) is 2.83. The van der Waals surface area contributed by atoms with Gasteiger partial charge in [-0.25, -0.2) is 14.8 Å². The zero-order valence-electron chi connectivity index (χ0n) is 17.4. The van der Waals surface area contributed by atoms with Gasteiger partial charge in [0.15, 0.2) is 0 Å². The second-order valence-electron chi connectivity index (χ2n) is 7.18. The maximum atomic E-state index is 11.6. The van der Waals surface area contributed by atoms with Gasteiger partial charge >= 0.3 is 6.03 Å². The number of benzene rings is 2. The maximum absolute atomic E-state index is 11.6. The summed E-state index contributed by atoms with van der Waals surface area (Å²) in [6.45, 7) is 4.72. The Balaban J connectivity index is 1.72. The number of carbonyl (C=O) groups is 1. The van der Waals surface area contributed by atoms with Crippen molar-refractivity contribution < 1.29 is 9.53 Å². The number of halogens is 2. The molecule has 0 aliphatic heterocycles. The summed E-state index contributed by atoms with van der Waals surface area (Å²) in [6.07, 6.45) is 2.24. The highest BCUT2D eigenvalue weighted by atomic mass is 35.5. The van der Waals surface area contributed by atoms with Gasteiger partial charge in [-0.2, -0.15) is 0 Å². The van der Waals surface area contributed by atoms with Crippen LogP contribution in [-0.4, -0.2) is 35.2 Å². The lowest BCUT2D eigenvalue weighted by Gasteiger charge is -2.12. The van der Waals surface area contributed by atoms with Crippen LogP contribution in [0.4, 0.5) is 4.79 Å².